The third-order valence-electron chi connectivity index (χ3n) is 1.90. The molecule has 0 aliphatic rings. The molecule has 1 nitrogen and oxygen atoms in total. The zero-order chi connectivity index (χ0) is 9.68. The zero-order valence-corrected chi connectivity index (χ0v) is 9.67. The van der Waals surface area contributed by atoms with Crippen molar-refractivity contribution in [2.45, 2.75) is 26.4 Å². The van der Waals surface area contributed by atoms with Gasteiger partial charge < -0.3 is 4.74 Å². The summed E-state index contributed by atoms with van der Waals surface area (Å²) < 4.78 is 5.74. The molecule has 0 saturated heterocycles. The summed E-state index contributed by atoms with van der Waals surface area (Å²) in [6.07, 6.45) is 1.25. The van der Waals surface area contributed by atoms with Gasteiger partial charge in [0.05, 0.1) is 0 Å². The number of para-hydroxylation sites is 1. The van der Waals surface area contributed by atoms with E-state index < -0.39 is 0 Å². The average Bonchev–Trinajstić information content (AvgIpc) is 2.18. The molecule has 0 radical (unpaired) electrons. The van der Waals surface area contributed by atoms with Crippen molar-refractivity contribution < 1.29 is 4.74 Å². The smallest absolute Gasteiger partial charge is 0.122 e. The molecule has 1 atom stereocenters. The van der Waals surface area contributed by atoms with E-state index in [1.54, 1.807) is 0 Å². The quantitative estimate of drug-likeness (QED) is 0.736. The Balaban J connectivity index is 2.74. The first-order valence-corrected chi connectivity index (χ1v) is 5.70. The van der Waals surface area contributed by atoms with Gasteiger partial charge in [-0.15, -0.1) is 0 Å². The predicted molar refractivity (Wildman–Crippen MR) is 59.7 cm³/mol. The third kappa shape index (κ3) is 3.03. The first-order valence-electron chi connectivity index (χ1n) is 4.58. The summed E-state index contributed by atoms with van der Waals surface area (Å²) in [6, 6.07) is 8.19. The lowest BCUT2D eigenvalue weighted by Gasteiger charge is -2.14. The van der Waals surface area contributed by atoms with Crippen molar-refractivity contribution in [1.29, 1.82) is 0 Å². The highest BCUT2D eigenvalue weighted by atomic mass is 79.9. The fraction of sp³-hybridized carbons (Fsp3) is 0.455. The fourth-order valence-corrected chi connectivity index (χ4v) is 1.29. The molecule has 13 heavy (non-hydrogen) atoms. The topological polar surface area (TPSA) is 9.23 Å². The van der Waals surface area contributed by atoms with E-state index in [0.29, 0.717) is 0 Å². The maximum Gasteiger partial charge on any atom is 0.122 e. The van der Waals surface area contributed by atoms with Gasteiger partial charge in [-0.3, -0.25) is 0 Å². The molecule has 0 aliphatic heterocycles. The van der Waals surface area contributed by atoms with Crippen molar-refractivity contribution >= 4 is 15.9 Å². The molecule has 0 saturated carbocycles. The van der Waals surface area contributed by atoms with Crippen LogP contribution in [0, 0.1) is 0 Å². The first kappa shape index (κ1) is 10.6. The van der Waals surface area contributed by atoms with Crippen LogP contribution in [0.15, 0.2) is 24.3 Å². The summed E-state index contributed by atoms with van der Waals surface area (Å²) in [7, 11) is 0. The van der Waals surface area contributed by atoms with E-state index in [4.69, 9.17) is 4.74 Å². The normalized spacial score (nSPS) is 12.5. The van der Waals surface area contributed by atoms with Crippen molar-refractivity contribution in [3.8, 4) is 5.75 Å². The van der Waals surface area contributed by atoms with Gasteiger partial charge in [-0.05, 0) is 25.0 Å². The van der Waals surface area contributed by atoms with E-state index in [9.17, 15) is 0 Å². The van der Waals surface area contributed by atoms with Crippen molar-refractivity contribution in [2.24, 2.45) is 0 Å². The number of rotatable bonds is 4. The van der Waals surface area contributed by atoms with Gasteiger partial charge in [-0.1, -0.05) is 41.1 Å². The van der Waals surface area contributed by atoms with Crippen LogP contribution in [0.3, 0.4) is 0 Å². The van der Waals surface area contributed by atoms with Gasteiger partial charge in [0, 0.05) is 5.33 Å². The number of benzene rings is 1. The van der Waals surface area contributed by atoms with E-state index in [1.807, 2.05) is 18.2 Å². The van der Waals surface area contributed by atoms with Crippen LogP contribution in [0.5, 0.6) is 5.75 Å². The Morgan fingerprint density at radius 2 is 2.08 bits per heavy atom. The number of alkyl halides is 1. The van der Waals surface area contributed by atoms with Gasteiger partial charge in [0.15, 0.2) is 0 Å². The second kappa shape index (κ2) is 5.28. The summed E-state index contributed by atoms with van der Waals surface area (Å²) in [6.45, 7) is 4.20. The Morgan fingerprint density at radius 3 is 2.69 bits per heavy atom. The minimum Gasteiger partial charge on any atom is -0.490 e. The Kier molecular flexibility index (Phi) is 4.29. The molecule has 1 aromatic rings. The van der Waals surface area contributed by atoms with Gasteiger partial charge in [0.25, 0.3) is 0 Å². The standard InChI is InChI=1S/C11H15BrO/c1-3-10-6-4-5-7-11(10)13-9(2)8-12/h4-7,9H,3,8H2,1-2H3. The molecule has 0 fully saturated rings. The molecular weight excluding hydrogens is 228 g/mol. The number of aryl methyl sites for hydroxylation is 1. The van der Waals surface area contributed by atoms with Crippen LogP contribution in [0.1, 0.15) is 19.4 Å². The zero-order valence-electron chi connectivity index (χ0n) is 8.09. The molecule has 1 rings (SSSR count). The highest BCUT2D eigenvalue weighted by Gasteiger charge is 2.04. The lowest BCUT2D eigenvalue weighted by Crippen LogP contribution is -2.13. The minimum atomic E-state index is 0.229. The summed E-state index contributed by atoms with van der Waals surface area (Å²) in [5.74, 6) is 1.01. The van der Waals surface area contributed by atoms with Gasteiger partial charge in [0.2, 0.25) is 0 Å². The largest absolute Gasteiger partial charge is 0.490 e. The molecule has 0 heterocycles. The third-order valence-corrected chi connectivity index (χ3v) is 2.81. The van der Waals surface area contributed by atoms with Crippen LogP contribution in [0.4, 0.5) is 0 Å². The fourth-order valence-electron chi connectivity index (χ4n) is 1.16. The van der Waals surface area contributed by atoms with E-state index in [0.717, 1.165) is 17.5 Å². The summed E-state index contributed by atoms with van der Waals surface area (Å²) in [5, 5.41) is 0.866. The molecule has 72 valence electrons. The molecular formula is C11H15BrO. The van der Waals surface area contributed by atoms with E-state index >= 15 is 0 Å². The van der Waals surface area contributed by atoms with Crippen LogP contribution in [0.2, 0.25) is 0 Å². The molecule has 1 aromatic carbocycles. The van der Waals surface area contributed by atoms with Gasteiger partial charge in [0.1, 0.15) is 11.9 Å². The Labute approximate surface area is 88.2 Å². The highest BCUT2D eigenvalue weighted by molar-refractivity contribution is 9.09. The van der Waals surface area contributed by atoms with E-state index in [1.165, 1.54) is 5.56 Å². The van der Waals surface area contributed by atoms with Crippen LogP contribution >= 0.6 is 15.9 Å². The number of hydrogen-bond donors (Lipinski definition) is 0. The monoisotopic (exact) mass is 242 g/mol. The summed E-state index contributed by atoms with van der Waals surface area (Å²) >= 11 is 3.39. The van der Waals surface area contributed by atoms with Crippen molar-refractivity contribution in [3.63, 3.8) is 0 Å². The van der Waals surface area contributed by atoms with Crippen LogP contribution in [0.25, 0.3) is 0 Å². The molecule has 0 aliphatic carbocycles. The summed E-state index contributed by atoms with van der Waals surface area (Å²) in [5.41, 5.74) is 1.27. The van der Waals surface area contributed by atoms with Crippen molar-refractivity contribution in [2.75, 3.05) is 5.33 Å². The van der Waals surface area contributed by atoms with E-state index in [2.05, 4.69) is 35.8 Å². The maximum absolute atomic E-state index is 5.74. The number of ether oxygens (including phenoxy) is 1. The van der Waals surface area contributed by atoms with Crippen molar-refractivity contribution in [3.05, 3.63) is 29.8 Å². The predicted octanol–water partition coefficient (Wildman–Crippen LogP) is 3.41. The van der Waals surface area contributed by atoms with Crippen LogP contribution < -0.4 is 4.74 Å². The lowest BCUT2D eigenvalue weighted by molar-refractivity contribution is 0.246. The molecule has 0 bridgehead atoms. The second-order valence-corrected chi connectivity index (χ2v) is 3.69. The van der Waals surface area contributed by atoms with E-state index in [-0.39, 0.29) is 6.10 Å². The van der Waals surface area contributed by atoms with Crippen molar-refractivity contribution in [1.82, 2.24) is 0 Å². The second-order valence-electron chi connectivity index (χ2n) is 3.04. The number of hydrogen-bond acceptors (Lipinski definition) is 1. The molecule has 0 spiro atoms. The summed E-state index contributed by atoms with van der Waals surface area (Å²) in [4.78, 5) is 0. The number of halogens is 1. The molecule has 0 N–H and O–H groups in total. The SMILES string of the molecule is CCc1ccccc1OC(C)CBr. The molecule has 0 amide bonds. The van der Waals surface area contributed by atoms with Gasteiger partial charge in [-0.25, -0.2) is 0 Å². The van der Waals surface area contributed by atoms with Crippen LogP contribution in [-0.4, -0.2) is 11.4 Å². The minimum absolute atomic E-state index is 0.229. The Morgan fingerprint density at radius 1 is 1.38 bits per heavy atom. The van der Waals surface area contributed by atoms with Gasteiger partial charge >= 0.3 is 0 Å². The maximum atomic E-state index is 5.74. The Hall–Kier alpha value is -0.500. The molecule has 1 unspecified atom stereocenters. The van der Waals surface area contributed by atoms with Crippen LogP contribution in [-0.2, 0) is 6.42 Å². The highest BCUT2D eigenvalue weighted by Crippen LogP contribution is 2.19. The average molecular weight is 243 g/mol. The first-order chi connectivity index (χ1) is 6.27. The Bertz CT molecular complexity index is 260. The lowest BCUT2D eigenvalue weighted by atomic mass is 10.1. The molecule has 2 heteroatoms. The van der Waals surface area contributed by atoms with Gasteiger partial charge in [-0.2, -0.15) is 0 Å². The molecule has 0 aromatic heterocycles.